The predicted molar refractivity (Wildman–Crippen MR) is 105 cm³/mol. The zero-order valence-corrected chi connectivity index (χ0v) is 16.8. The predicted octanol–water partition coefficient (Wildman–Crippen LogP) is 2.97. The van der Waals surface area contributed by atoms with Crippen molar-refractivity contribution in [2.45, 2.75) is 24.8 Å². The summed E-state index contributed by atoms with van der Waals surface area (Å²) in [7, 11) is 1.85. The van der Waals surface area contributed by atoms with E-state index in [4.69, 9.17) is 19.3 Å². The van der Waals surface area contributed by atoms with Crippen molar-refractivity contribution in [3.8, 4) is 11.6 Å². The topological polar surface area (TPSA) is 135 Å². The Hall–Kier alpha value is -3.34. The fourth-order valence-electron chi connectivity index (χ4n) is 2.89. The standard InChI is InChI=1S/C18H18N6O4S/c1-4-26-17(25)12-9(2)28-16-13(12)14(19)20-11(21-16)8-29-18-23-22-15(24(18)3)10-6-5-7-27-10/h5-7H,4,8H2,1-3H3,(H2,19,20,21). The number of hydrogen-bond acceptors (Lipinski definition) is 10. The van der Waals surface area contributed by atoms with E-state index in [0.29, 0.717) is 39.5 Å². The summed E-state index contributed by atoms with van der Waals surface area (Å²) in [5, 5.41) is 9.37. The van der Waals surface area contributed by atoms with Gasteiger partial charge in [0.15, 0.2) is 16.7 Å². The second-order valence-corrected chi connectivity index (χ2v) is 7.03. The quantitative estimate of drug-likeness (QED) is 0.370. The van der Waals surface area contributed by atoms with E-state index in [1.54, 1.807) is 26.2 Å². The Bertz CT molecular complexity index is 1180. The molecule has 0 aromatic carbocycles. The Morgan fingerprint density at radius 3 is 2.90 bits per heavy atom. The first-order chi connectivity index (χ1) is 14.0. The number of thioether (sulfide) groups is 1. The van der Waals surface area contributed by atoms with Crippen LogP contribution in [0.2, 0.25) is 0 Å². The van der Waals surface area contributed by atoms with E-state index in [1.165, 1.54) is 11.8 Å². The second-order valence-electron chi connectivity index (χ2n) is 6.09. The van der Waals surface area contributed by atoms with E-state index in [0.717, 1.165) is 0 Å². The first kappa shape index (κ1) is 19.0. The molecule has 11 heteroatoms. The van der Waals surface area contributed by atoms with Gasteiger partial charge in [-0.25, -0.2) is 9.78 Å². The molecule has 0 unspecified atom stereocenters. The summed E-state index contributed by atoms with van der Waals surface area (Å²) in [4.78, 5) is 20.9. The number of furan rings is 2. The molecule has 0 bridgehead atoms. The van der Waals surface area contributed by atoms with E-state index >= 15 is 0 Å². The summed E-state index contributed by atoms with van der Waals surface area (Å²) in [6, 6.07) is 3.61. The highest BCUT2D eigenvalue weighted by molar-refractivity contribution is 7.98. The number of carbonyl (C=O) groups is 1. The average molecular weight is 414 g/mol. The van der Waals surface area contributed by atoms with Crippen molar-refractivity contribution in [3.63, 3.8) is 0 Å². The monoisotopic (exact) mass is 414 g/mol. The molecule has 0 atom stereocenters. The molecule has 0 aliphatic rings. The van der Waals surface area contributed by atoms with Crippen molar-refractivity contribution in [1.29, 1.82) is 0 Å². The summed E-state index contributed by atoms with van der Waals surface area (Å²) in [6.45, 7) is 3.64. The summed E-state index contributed by atoms with van der Waals surface area (Å²) in [5.41, 5.74) is 6.61. The summed E-state index contributed by atoms with van der Waals surface area (Å²) < 4.78 is 17.9. The highest BCUT2D eigenvalue weighted by Crippen LogP contribution is 2.30. The molecule has 150 valence electrons. The van der Waals surface area contributed by atoms with Crippen LogP contribution in [0.25, 0.3) is 22.7 Å². The lowest BCUT2D eigenvalue weighted by atomic mass is 10.2. The zero-order chi connectivity index (χ0) is 20.5. The van der Waals surface area contributed by atoms with Crippen LogP contribution in [0.1, 0.15) is 28.9 Å². The van der Waals surface area contributed by atoms with Crippen molar-refractivity contribution in [1.82, 2.24) is 24.7 Å². The van der Waals surface area contributed by atoms with Gasteiger partial charge in [-0.05, 0) is 26.0 Å². The smallest absolute Gasteiger partial charge is 0.342 e. The van der Waals surface area contributed by atoms with Crippen LogP contribution in [0, 0.1) is 6.92 Å². The molecular weight excluding hydrogens is 396 g/mol. The summed E-state index contributed by atoms with van der Waals surface area (Å²) in [6.07, 6.45) is 1.58. The lowest BCUT2D eigenvalue weighted by Crippen LogP contribution is -2.07. The Kier molecular flexibility index (Phi) is 4.97. The maximum atomic E-state index is 12.2. The van der Waals surface area contributed by atoms with E-state index in [-0.39, 0.29) is 23.7 Å². The summed E-state index contributed by atoms with van der Waals surface area (Å²) in [5.74, 6) is 2.14. The number of rotatable bonds is 6. The molecule has 0 saturated heterocycles. The van der Waals surface area contributed by atoms with Gasteiger partial charge in [0.1, 0.15) is 23.0 Å². The third-order valence-corrected chi connectivity index (χ3v) is 5.20. The van der Waals surface area contributed by atoms with E-state index in [9.17, 15) is 4.79 Å². The Morgan fingerprint density at radius 2 is 2.17 bits per heavy atom. The first-order valence-electron chi connectivity index (χ1n) is 8.78. The fraction of sp³-hybridized carbons (Fsp3) is 0.278. The van der Waals surface area contributed by atoms with Crippen LogP contribution < -0.4 is 5.73 Å². The van der Waals surface area contributed by atoms with Crippen LogP contribution in [0.3, 0.4) is 0 Å². The van der Waals surface area contributed by atoms with E-state index < -0.39 is 5.97 Å². The van der Waals surface area contributed by atoms with Gasteiger partial charge in [0.2, 0.25) is 5.71 Å². The van der Waals surface area contributed by atoms with Crippen LogP contribution in [-0.4, -0.2) is 37.3 Å². The maximum absolute atomic E-state index is 12.2. The molecule has 0 aliphatic carbocycles. The van der Waals surface area contributed by atoms with Gasteiger partial charge in [-0.3, -0.25) is 0 Å². The minimum absolute atomic E-state index is 0.166. The number of anilines is 1. The van der Waals surface area contributed by atoms with Crippen LogP contribution in [-0.2, 0) is 17.5 Å². The molecule has 0 fully saturated rings. The van der Waals surface area contributed by atoms with Gasteiger partial charge in [-0.1, -0.05) is 11.8 Å². The van der Waals surface area contributed by atoms with Gasteiger partial charge in [-0.15, -0.1) is 10.2 Å². The van der Waals surface area contributed by atoms with Crippen molar-refractivity contribution in [3.05, 3.63) is 35.5 Å². The third kappa shape index (κ3) is 3.44. The molecule has 29 heavy (non-hydrogen) atoms. The van der Waals surface area contributed by atoms with Crippen LogP contribution in [0.15, 0.2) is 32.4 Å². The van der Waals surface area contributed by atoms with E-state index in [1.807, 2.05) is 17.7 Å². The minimum Gasteiger partial charge on any atom is -0.462 e. The van der Waals surface area contributed by atoms with Crippen molar-refractivity contribution >= 4 is 34.6 Å². The highest BCUT2D eigenvalue weighted by atomic mass is 32.2. The van der Waals surface area contributed by atoms with Gasteiger partial charge in [0, 0.05) is 7.05 Å². The molecule has 0 aliphatic heterocycles. The normalized spacial score (nSPS) is 11.3. The lowest BCUT2D eigenvalue weighted by molar-refractivity contribution is 0.0526. The van der Waals surface area contributed by atoms with Gasteiger partial charge in [-0.2, -0.15) is 4.98 Å². The fourth-order valence-corrected chi connectivity index (χ4v) is 3.65. The molecule has 2 N–H and O–H groups in total. The number of nitrogens with zero attached hydrogens (tertiary/aromatic N) is 5. The Morgan fingerprint density at radius 1 is 1.34 bits per heavy atom. The van der Waals surface area contributed by atoms with Gasteiger partial charge < -0.3 is 23.9 Å². The van der Waals surface area contributed by atoms with Crippen LogP contribution in [0.4, 0.5) is 5.82 Å². The zero-order valence-electron chi connectivity index (χ0n) is 16.0. The molecule has 0 saturated carbocycles. The molecule has 10 nitrogen and oxygen atoms in total. The van der Waals surface area contributed by atoms with Gasteiger partial charge in [0.05, 0.1) is 24.0 Å². The number of esters is 1. The van der Waals surface area contributed by atoms with Crippen molar-refractivity contribution in [2.75, 3.05) is 12.3 Å². The van der Waals surface area contributed by atoms with Crippen LogP contribution >= 0.6 is 11.8 Å². The van der Waals surface area contributed by atoms with Crippen molar-refractivity contribution < 1.29 is 18.4 Å². The molecule has 4 heterocycles. The number of nitrogens with two attached hydrogens (primary N) is 1. The van der Waals surface area contributed by atoms with Gasteiger partial charge >= 0.3 is 5.97 Å². The third-order valence-electron chi connectivity index (χ3n) is 4.19. The van der Waals surface area contributed by atoms with Gasteiger partial charge in [0.25, 0.3) is 0 Å². The number of aromatic nitrogens is 5. The number of carbonyl (C=O) groups excluding carboxylic acids is 1. The number of fused-ring (bicyclic) bond motifs is 1. The molecular formula is C18H18N6O4S. The number of aryl methyl sites for hydroxylation is 1. The lowest BCUT2D eigenvalue weighted by Gasteiger charge is -2.04. The SMILES string of the molecule is CCOC(=O)c1c(C)oc2nc(CSc3nnc(-c4ccco4)n3C)nc(N)c12. The molecule has 4 aromatic rings. The van der Waals surface area contributed by atoms with Crippen LogP contribution in [0.5, 0.6) is 0 Å². The Balaban J connectivity index is 1.59. The van der Waals surface area contributed by atoms with Crippen molar-refractivity contribution in [2.24, 2.45) is 7.05 Å². The molecule has 4 rings (SSSR count). The number of hydrogen-bond donors (Lipinski definition) is 1. The minimum atomic E-state index is -0.509. The second kappa shape index (κ2) is 7.59. The molecule has 0 amide bonds. The molecule has 0 radical (unpaired) electrons. The number of ether oxygens (including phenoxy) is 1. The Labute approximate surface area is 169 Å². The van der Waals surface area contributed by atoms with E-state index in [2.05, 4.69) is 20.2 Å². The number of nitrogen functional groups attached to an aromatic ring is 1. The molecule has 4 aromatic heterocycles. The first-order valence-corrected chi connectivity index (χ1v) is 9.76. The maximum Gasteiger partial charge on any atom is 0.342 e. The molecule has 0 spiro atoms. The largest absolute Gasteiger partial charge is 0.462 e. The summed E-state index contributed by atoms with van der Waals surface area (Å²) >= 11 is 1.39. The highest BCUT2D eigenvalue weighted by Gasteiger charge is 2.24. The average Bonchev–Trinajstić information content (AvgIpc) is 3.39.